The minimum absolute atomic E-state index is 0.00511. The van der Waals surface area contributed by atoms with Gasteiger partial charge in [-0.05, 0) is 36.2 Å². The van der Waals surface area contributed by atoms with E-state index in [2.05, 4.69) is 20.4 Å². The zero-order valence-electron chi connectivity index (χ0n) is 16.4. The van der Waals surface area contributed by atoms with Crippen LogP contribution in [-0.4, -0.2) is 30.6 Å². The number of carbonyl (C=O) groups excluding carboxylic acids is 1. The molecule has 2 N–H and O–H groups in total. The number of hydrogen-bond acceptors (Lipinski definition) is 5. The Balaban J connectivity index is 1.54. The SMILES string of the molecule is CC(C)[C@H](NC(=O)c1ccn(-c2ccc([N+](=O)[O-])cc2)n1)c1nc2ccccc2[nH]1. The molecule has 2 heterocycles. The van der Waals surface area contributed by atoms with Crippen LogP contribution in [0.3, 0.4) is 0 Å². The highest BCUT2D eigenvalue weighted by Gasteiger charge is 2.23. The number of benzene rings is 2. The number of amides is 1. The van der Waals surface area contributed by atoms with Gasteiger partial charge >= 0.3 is 0 Å². The Hall–Kier alpha value is -4.01. The zero-order chi connectivity index (χ0) is 21.3. The van der Waals surface area contributed by atoms with Gasteiger partial charge in [-0.15, -0.1) is 0 Å². The van der Waals surface area contributed by atoms with Crippen LogP contribution in [0.2, 0.25) is 0 Å². The highest BCUT2D eigenvalue weighted by atomic mass is 16.6. The van der Waals surface area contributed by atoms with Crippen molar-refractivity contribution in [3.8, 4) is 5.69 Å². The number of nitro benzene ring substituents is 1. The van der Waals surface area contributed by atoms with E-state index < -0.39 is 4.92 Å². The van der Waals surface area contributed by atoms with E-state index in [-0.39, 0.29) is 29.2 Å². The average Bonchev–Trinajstić information content (AvgIpc) is 3.39. The minimum atomic E-state index is -0.462. The first-order chi connectivity index (χ1) is 14.4. The van der Waals surface area contributed by atoms with Gasteiger partial charge in [-0.25, -0.2) is 9.67 Å². The van der Waals surface area contributed by atoms with Crippen LogP contribution in [0.25, 0.3) is 16.7 Å². The van der Waals surface area contributed by atoms with Gasteiger partial charge in [-0.2, -0.15) is 5.10 Å². The van der Waals surface area contributed by atoms with Crippen LogP contribution < -0.4 is 5.32 Å². The number of rotatable bonds is 6. The molecule has 2 aromatic carbocycles. The second-order valence-corrected chi connectivity index (χ2v) is 7.25. The third kappa shape index (κ3) is 3.77. The molecular formula is C21H20N6O3. The van der Waals surface area contributed by atoms with Gasteiger partial charge in [0.1, 0.15) is 5.82 Å². The van der Waals surface area contributed by atoms with Gasteiger partial charge in [0.25, 0.3) is 11.6 Å². The van der Waals surface area contributed by atoms with Gasteiger partial charge in [0.2, 0.25) is 0 Å². The highest BCUT2D eigenvalue weighted by Crippen LogP contribution is 2.23. The largest absolute Gasteiger partial charge is 0.340 e. The van der Waals surface area contributed by atoms with Gasteiger partial charge < -0.3 is 10.3 Å². The van der Waals surface area contributed by atoms with Crippen LogP contribution in [0.5, 0.6) is 0 Å². The number of non-ortho nitro benzene ring substituents is 1. The summed E-state index contributed by atoms with van der Waals surface area (Å²) in [6.45, 7) is 4.02. The maximum Gasteiger partial charge on any atom is 0.272 e. The van der Waals surface area contributed by atoms with Gasteiger partial charge in [0.05, 0.1) is 27.7 Å². The molecule has 152 valence electrons. The Morgan fingerprint density at radius 3 is 2.53 bits per heavy atom. The van der Waals surface area contributed by atoms with Crippen molar-refractivity contribution in [1.29, 1.82) is 0 Å². The first-order valence-corrected chi connectivity index (χ1v) is 9.48. The number of nitrogens with zero attached hydrogens (tertiary/aromatic N) is 4. The van der Waals surface area contributed by atoms with Crippen molar-refractivity contribution in [3.63, 3.8) is 0 Å². The Morgan fingerprint density at radius 2 is 1.87 bits per heavy atom. The second kappa shape index (κ2) is 7.78. The topological polar surface area (TPSA) is 119 Å². The van der Waals surface area contributed by atoms with Crippen LogP contribution >= 0.6 is 0 Å². The van der Waals surface area contributed by atoms with Crippen molar-refractivity contribution in [1.82, 2.24) is 25.1 Å². The van der Waals surface area contributed by atoms with E-state index in [1.807, 2.05) is 38.1 Å². The number of H-pyrrole nitrogens is 1. The van der Waals surface area contributed by atoms with Crippen molar-refractivity contribution in [2.75, 3.05) is 0 Å². The monoisotopic (exact) mass is 404 g/mol. The van der Waals surface area contributed by atoms with E-state index in [1.165, 1.54) is 16.8 Å². The van der Waals surface area contributed by atoms with E-state index >= 15 is 0 Å². The molecule has 4 rings (SSSR count). The second-order valence-electron chi connectivity index (χ2n) is 7.25. The lowest BCUT2D eigenvalue weighted by Crippen LogP contribution is -2.32. The third-order valence-corrected chi connectivity index (χ3v) is 4.80. The first-order valence-electron chi connectivity index (χ1n) is 9.48. The first kappa shape index (κ1) is 19.3. The minimum Gasteiger partial charge on any atom is -0.340 e. The van der Waals surface area contributed by atoms with Crippen LogP contribution in [0.15, 0.2) is 60.8 Å². The maximum atomic E-state index is 12.8. The summed E-state index contributed by atoms with van der Waals surface area (Å²) in [4.78, 5) is 31.0. The molecule has 0 fully saturated rings. The fraction of sp³-hybridized carbons (Fsp3) is 0.190. The quantitative estimate of drug-likeness (QED) is 0.374. The molecule has 0 aliphatic rings. The molecule has 0 radical (unpaired) electrons. The van der Waals surface area contributed by atoms with Crippen LogP contribution in [0, 0.1) is 16.0 Å². The highest BCUT2D eigenvalue weighted by molar-refractivity contribution is 5.92. The predicted molar refractivity (Wildman–Crippen MR) is 111 cm³/mol. The van der Waals surface area contributed by atoms with E-state index in [0.29, 0.717) is 11.5 Å². The Bertz CT molecular complexity index is 1180. The summed E-state index contributed by atoms with van der Waals surface area (Å²) in [7, 11) is 0. The fourth-order valence-electron chi connectivity index (χ4n) is 3.20. The van der Waals surface area contributed by atoms with E-state index in [9.17, 15) is 14.9 Å². The van der Waals surface area contributed by atoms with Gasteiger partial charge in [0.15, 0.2) is 5.69 Å². The smallest absolute Gasteiger partial charge is 0.272 e. The number of hydrogen-bond donors (Lipinski definition) is 2. The molecule has 0 unspecified atom stereocenters. The fourth-order valence-corrected chi connectivity index (χ4v) is 3.20. The summed E-state index contributed by atoms with van der Waals surface area (Å²) in [5, 5.41) is 18.1. The standard InChI is InChI=1S/C21H20N6O3/c1-13(2)19(20-22-16-5-3-4-6-17(16)23-20)24-21(28)18-11-12-26(25-18)14-7-9-15(10-8-14)27(29)30/h3-13,19H,1-2H3,(H,22,23)(H,24,28)/t19-/m0/s1. The number of fused-ring (bicyclic) bond motifs is 1. The summed E-state index contributed by atoms with van der Waals surface area (Å²) in [5.74, 6) is 0.468. The predicted octanol–water partition coefficient (Wildman–Crippen LogP) is 3.78. The molecule has 0 saturated carbocycles. The molecule has 1 atom stereocenters. The summed E-state index contributed by atoms with van der Waals surface area (Å²) in [5.41, 5.74) is 2.62. The molecular weight excluding hydrogens is 384 g/mol. The zero-order valence-corrected chi connectivity index (χ0v) is 16.4. The van der Waals surface area contributed by atoms with Gasteiger partial charge in [0, 0.05) is 18.3 Å². The van der Waals surface area contributed by atoms with Crippen LogP contribution in [0.4, 0.5) is 5.69 Å². The number of aromatic nitrogens is 4. The number of nitrogens with one attached hydrogen (secondary N) is 2. The summed E-state index contributed by atoms with van der Waals surface area (Å²) < 4.78 is 1.50. The summed E-state index contributed by atoms with van der Waals surface area (Å²) >= 11 is 0. The average molecular weight is 404 g/mol. The lowest BCUT2D eigenvalue weighted by molar-refractivity contribution is -0.384. The number of nitro groups is 1. The van der Waals surface area contributed by atoms with Gasteiger partial charge in [-0.1, -0.05) is 26.0 Å². The lowest BCUT2D eigenvalue weighted by atomic mass is 10.0. The molecule has 0 aliphatic carbocycles. The molecule has 0 aliphatic heterocycles. The summed E-state index contributed by atoms with van der Waals surface area (Å²) in [6.07, 6.45) is 1.64. The Labute approximate surface area is 171 Å². The van der Waals surface area contributed by atoms with Crippen molar-refractivity contribution in [2.45, 2.75) is 19.9 Å². The lowest BCUT2D eigenvalue weighted by Gasteiger charge is -2.19. The number of imidazole rings is 1. The molecule has 9 nitrogen and oxygen atoms in total. The Morgan fingerprint density at radius 1 is 1.13 bits per heavy atom. The third-order valence-electron chi connectivity index (χ3n) is 4.80. The molecule has 1 amide bonds. The molecule has 0 spiro atoms. The van der Waals surface area contributed by atoms with E-state index in [4.69, 9.17) is 0 Å². The molecule has 2 aromatic heterocycles. The number of carbonyl (C=O) groups is 1. The van der Waals surface area contributed by atoms with Gasteiger partial charge in [-0.3, -0.25) is 14.9 Å². The van der Waals surface area contributed by atoms with Crippen molar-refractivity contribution in [3.05, 3.63) is 82.4 Å². The number of aromatic amines is 1. The molecule has 4 aromatic rings. The van der Waals surface area contributed by atoms with Crippen LogP contribution in [0.1, 0.15) is 36.2 Å². The Kier molecular flexibility index (Phi) is 5.01. The number of para-hydroxylation sites is 2. The summed E-state index contributed by atoms with van der Waals surface area (Å²) in [6, 6.07) is 15.0. The van der Waals surface area contributed by atoms with Crippen molar-refractivity contribution >= 4 is 22.6 Å². The van der Waals surface area contributed by atoms with Crippen molar-refractivity contribution in [2.24, 2.45) is 5.92 Å². The van der Waals surface area contributed by atoms with Crippen molar-refractivity contribution < 1.29 is 9.72 Å². The van der Waals surface area contributed by atoms with Crippen LogP contribution in [-0.2, 0) is 0 Å². The normalized spacial score (nSPS) is 12.2. The molecule has 9 heteroatoms. The molecule has 30 heavy (non-hydrogen) atoms. The molecule has 0 bridgehead atoms. The van der Waals surface area contributed by atoms with E-state index in [1.54, 1.807) is 24.4 Å². The molecule has 0 saturated heterocycles. The van der Waals surface area contributed by atoms with E-state index in [0.717, 1.165) is 11.0 Å². The maximum absolute atomic E-state index is 12.8.